The Morgan fingerprint density at radius 2 is 2.03 bits per heavy atom. The molecule has 8 heteroatoms. The normalized spacial score (nSPS) is 15.3. The van der Waals surface area contributed by atoms with Crippen molar-refractivity contribution < 1.29 is 9.59 Å². The fraction of sp³-hybridized carbons (Fsp3) is 0.524. The topological polar surface area (TPSA) is 88.9 Å². The van der Waals surface area contributed by atoms with E-state index < -0.39 is 11.3 Å². The maximum Gasteiger partial charge on any atom is 0.321 e. The van der Waals surface area contributed by atoms with E-state index in [1.165, 1.54) is 11.8 Å². The van der Waals surface area contributed by atoms with Crippen LogP contribution in [-0.4, -0.2) is 38.0 Å². The molecule has 3 rings (SSSR count). The summed E-state index contributed by atoms with van der Waals surface area (Å²) in [6.07, 6.45) is 5.14. The van der Waals surface area contributed by atoms with E-state index in [1.54, 1.807) is 6.92 Å². The molecule has 29 heavy (non-hydrogen) atoms. The zero-order valence-corrected chi connectivity index (χ0v) is 18.1. The first kappa shape index (κ1) is 21.4. The molecule has 1 aliphatic carbocycles. The molecule has 2 aromatic rings. The number of carbonyl (C=O) groups is 2. The van der Waals surface area contributed by atoms with E-state index in [9.17, 15) is 9.59 Å². The summed E-state index contributed by atoms with van der Waals surface area (Å²) >= 11 is 1.32. The fourth-order valence-electron chi connectivity index (χ4n) is 3.52. The Morgan fingerprint density at radius 1 is 1.28 bits per heavy atom. The summed E-state index contributed by atoms with van der Waals surface area (Å²) in [5.74, 6) is 0.471. The number of carbonyl (C=O) groups excluding carboxylic acids is 2. The van der Waals surface area contributed by atoms with Crippen LogP contribution in [0.4, 0.5) is 4.79 Å². The number of thioether (sulfide) groups is 1. The zero-order valence-electron chi connectivity index (χ0n) is 17.3. The highest BCUT2D eigenvalue weighted by Crippen LogP contribution is 2.27. The van der Waals surface area contributed by atoms with Gasteiger partial charge < -0.3 is 9.88 Å². The van der Waals surface area contributed by atoms with Gasteiger partial charge >= 0.3 is 6.03 Å². The molecule has 0 unspecified atom stereocenters. The molecule has 2 N–H and O–H groups in total. The van der Waals surface area contributed by atoms with Gasteiger partial charge in [0.05, 0.1) is 5.25 Å². The second-order valence-corrected chi connectivity index (χ2v) is 8.84. The van der Waals surface area contributed by atoms with Crippen LogP contribution in [0.2, 0.25) is 0 Å². The molecule has 7 nitrogen and oxygen atoms in total. The van der Waals surface area contributed by atoms with Gasteiger partial charge in [0.1, 0.15) is 0 Å². The zero-order chi connectivity index (χ0) is 20.8. The minimum absolute atomic E-state index is 0.176. The van der Waals surface area contributed by atoms with Crippen LogP contribution in [0, 0.1) is 6.92 Å². The summed E-state index contributed by atoms with van der Waals surface area (Å²) < 4.78 is 2.04. The Labute approximate surface area is 176 Å². The third-order valence-electron chi connectivity index (χ3n) is 5.02. The highest BCUT2D eigenvalue weighted by Gasteiger charge is 2.23. The Kier molecular flexibility index (Phi) is 7.30. The number of benzene rings is 1. The van der Waals surface area contributed by atoms with Gasteiger partial charge in [-0.05, 0) is 39.2 Å². The molecule has 1 heterocycles. The van der Waals surface area contributed by atoms with Gasteiger partial charge in [0.2, 0.25) is 5.91 Å². The third-order valence-corrected chi connectivity index (χ3v) is 6.10. The molecule has 1 aromatic heterocycles. The van der Waals surface area contributed by atoms with Crippen molar-refractivity contribution in [2.24, 2.45) is 0 Å². The van der Waals surface area contributed by atoms with Crippen molar-refractivity contribution in [3.63, 3.8) is 0 Å². The number of imide groups is 1. The maximum absolute atomic E-state index is 12.5. The summed E-state index contributed by atoms with van der Waals surface area (Å²) in [7, 11) is 0. The summed E-state index contributed by atoms with van der Waals surface area (Å²) in [6, 6.07) is 7.90. The summed E-state index contributed by atoms with van der Waals surface area (Å²) in [5.41, 5.74) is 2.16. The smallest absolute Gasteiger partial charge is 0.321 e. The molecule has 0 bridgehead atoms. The van der Waals surface area contributed by atoms with Crippen molar-refractivity contribution in [2.45, 2.75) is 75.9 Å². The Morgan fingerprint density at radius 3 is 2.72 bits per heavy atom. The number of rotatable bonds is 7. The minimum atomic E-state index is -0.463. The van der Waals surface area contributed by atoms with Crippen molar-refractivity contribution in [1.82, 2.24) is 25.4 Å². The van der Waals surface area contributed by atoms with Crippen LogP contribution in [0.15, 0.2) is 29.4 Å². The number of nitrogens with zero attached hydrogens (tertiary/aromatic N) is 3. The van der Waals surface area contributed by atoms with Crippen LogP contribution in [0.3, 0.4) is 0 Å². The molecule has 3 amide bonds. The Hall–Kier alpha value is -2.35. The van der Waals surface area contributed by atoms with Crippen molar-refractivity contribution in [2.75, 3.05) is 0 Å². The van der Waals surface area contributed by atoms with Gasteiger partial charge in [-0.2, -0.15) is 0 Å². The Bertz CT molecular complexity index is 861. The molecule has 0 aliphatic heterocycles. The molecule has 1 aromatic carbocycles. The van der Waals surface area contributed by atoms with Gasteiger partial charge in [-0.1, -0.05) is 55.3 Å². The predicted molar refractivity (Wildman–Crippen MR) is 115 cm³/mol. The lowest BCUT2D eigenvalue weighted by Crippen LogP contribution is -2.45. The summed E-state index contributed by atoms with van der Waals surface area (Å²) in [5, 5.41) is 14.2. The number of aromatic nitrogens is 3. The molecule has 1 aliphatic rings. The first-order valence-corrected chi connectivity index (χ1v) is 11.1. The quantitative estimate of drug-likeness (QED) is 0.669. The highest BCUT2D eigenvalue weighted by atomic mass is 32.2. The van der Waals surface area contributed by atoms with Gasteiger partial charge in [-0.3, -0.25) is 10.1 Å². The lowest BCUT2D eigenvalue weighted by Gasteiger charge is -2.15. The van der Waals surface area contributed by atoms with E-state index in [2.05, 4.69) is 33.8 Å². The molecule has 1 fully saturated rings. The first-order chi connectivity index (χ1) is 14.0. The molecule has 0 spiro atoms. The van der Waals surface area contributed by atoms with Crippen LogP contribution in [-0.2, 0) is 11.3 Å². The molecule has 156 valence electrons. The maximum atomic E-state index is 12.5. The number of hydrogen-bond acceptors (Lipinski definition) is 5. The highest BCUT2D eigenvalue weighted by molar-refractivity contribution is 8.00. The second kappa shape index (κ2) is 9.91. The van der Waals surface area contributed by atoms with E-state index in [4.69, 9.17) is 0 Å². The van der Waals surface area contributed by atoms with Crippen molar-refractivity contribution in [3.05, 3.63) is 29.8 Å². The van der Waals surface area contributed by atoms with Crippen LogP contribution < -0.4 is 10.6 Å². The van der Waals surface area contributed by atoms with Gasteiger partial charge in [0.15, 0.2) is 11.0 Å². The lowest BCUT2D eigenvalue weighted by molar-refractivity contribution is -0.119. The number of urea groups is 1. The van der Waals surface area contributed by atoms with Crippen molar-refractivity contribution in [3.8, 4) is 11.4 Å². The van der Waals surface area contributed by atoms with E-state index in [1.807, 2.05) is 29.7 Å². The number of aryl methyl sites for hydroxylation is 1. The van der Waals surface area contributed by atoms with Gasteiger partial charge in [0.25, 0.3) is 0 Å². The van der Waals surface area contributed by atoms with Gasteiger partial charge in [-0.15, -0.1) is 10.2 Å². The molecule has 0 saturated heterocycles. The van der Waals surface area contributed by atoms with E-state index in [0.717, 1.165) is 55.6 Å². The predicted octanol–water partition coefficient (Wildman–Crippen LogP) is 3.91. The fourth-order valence-corrected chi connectivity index (χ4v) is 4.39. The number of hydrogen-bond donors (Lipinski definition) is 2. The summed E-state index contributed by atoms with van der Waals surface area (Å²) in [6.45, 7) is 6.68. The SMILES string of the molecule is CCCn1c(S[C@H](C)C(=O)NC(=O)NC2CCCC2)nnc1-c1cccc(C)c1. The summed E-state index contributed by atoms with van der Waals surface area (Å²) in [4.78, 5) is 24.5. The van der Waals surface area contributed by atoms with Gasteiger partial charge in [-0.25, -0.2) is 4.79 Å². The van der Waals surface area contributed by atoms with Crippen molar-refractivity contribution in [1.29, 1.82) is 0 Å². The van der Waals surface area contributed by atoms with Crippen LogP contribution in [0.1, 0.15) is 51.5 Å². The standard InChI is InChI=1S/C21H29N5O2S/c1-4-12-26-18(16-9-7-8-14(2)13-16)24-25-21(26)29-15(3)19(27)23-20(28)22-17-10-5-6-11-17/h7-9,13,15,17H,4-6,10-12H2,1-3H3,(H2,22,23,27,28)/t15-/m1/s1. The van der Waals surface area contributed by atoms with Crippen LogP contribution in [0.25, 0.3) is 11.4 Å². The molecule has 1 saturated carbocycles. The van der Waals surface area contributed by atoms with E-state index >= 15 is 0 Å². The minimum Gasteiger partial charge on any atom is -0.335 e. The molecular weight excluding hydrogens is 386 g/mol. The lowest BCUT2D eigenvalue weighted by atomic mass is 10.1. The average Bonchev–Trinajstić information content (AvgIpc) is 3.32. The van der Waals surface area contributed by atoms with Gasteiger partial charge in [0, 0.05) is 18.2 Å². The van der Waals surface area contributed by atoms with Crippen LogP contribution in [0.5, 0.6) is 0 Å². The number of nitrogens with one attached hydrogen (secondary N) is 2. The molecule has 0 radical (unpaired) electrons. The molecule has 1 atom stereocenters. The second-order valence-electron chi connectivity index (χ2n) is 7.53. The molecular formula is C21H29N5O2S. The van der Waals surface area contributed by atoms with Crippen LogP contribution >= 0.6 is 11.8 Å². The average molecular weight is 416 g/mol. The Balaban J connectivity index is 1.66. The van der Waals surface area contributed by atoms with E-state index in [0.29, 0.717) is 5.16 Å². The van der Waals surface area contributed by atoms with E-state index in [-0.39, 0.29) is 11.9 Å². The number of amides is 3. The third kappa shape index (κ3) is 5.59. The first-order valence-electron chi connectivity index (χ1n) is 10.3. The monoisotopic (exact) mass is 415 g/mol. The largest absolute Gasteiger partial charge is 0.335 e. The van der Waals surface area contributed by atoms with Crippen molar-refractivity contribution >= 4 is 23.7 Å².